The number of piperazine rings is 1. The van der Waals surface area contributed by atoms with E-state index in [0.29, 0.717) is 6.04 Å². The molecule has 0 amide bonds. The molecule has 3 heterocycles. The van der Waals surface area contributed by atoms with E-state index in [2.05, 4.69) is 39.2 Å². The molecule has 2 saturated heterocycles. The van der Waals surface area contributed by atoms with Crippen molar-refractivity contribution in [1.82, 2.24) is 30.0 Å². The fourth-order valence-corrected chi connectivity index (χ4v) is 3.70. The van der Waals surface area contributed by atoms with Gasteiger partial charge >= 0.3 is 0 Å². The molecule has 0 unspecified atom stereocenters. The van der Waals surface area contributed by atoms with Gasteiger partial charge in [-0.25, -0.2) is 4.68 Å². The topological polar surface area (TPSA) is 59.3 Å². The van der Waals surface area contributed by atoms with Crippen LogP contribution >= 0.6 is 0 Å². The van der Waals surface area contributed by atoms with Crippen LogP contribution in [0.2, 0.25) is 0 Å². The minimum absolute atomic E-state index is 0.275. The van der Waals surface area contributed by atoms with Gasteiger partial charge in [0.15, 0.2) is 5.82 Å². The van der Waals surface area contributed by atoms with Crippen molar-refractivity contribution in [3.63, 3.8) is 0 Å². The highest BCUT2D eigenvalue weighted by Gasteiger charge is 2.29. The van der Waals surface area contributed by atoms with Crippen molar-refractivity contribution in [3.05, 3.63) is 5.82 Å². The molecule has 2 atom stereocenters. The minimum atomic E-state index is 0.275. The molecule has 23 heavy (non-hydrogen) atoms. The van der Waals surface area contributed by atoms with Gasteiger partial charge in [-0.1, -0.05) is 20.3 Å². The lowest BCUT2D eigenvalue weighted by atomic mass is 10.1. The maximum absolute atomic E-state index is 5.76. The first-order valence-corrected chi connectivity index (χ1v) is 9.15. The van der Waals surface area contributed by atoms with Crippen molar-refractivity contribution in [3.8, 4) is 0 Å². The van der Waals surface area contributed by atoms with Gasteiger partial charge in [-0.15, -0.1) is 5.10 Å². The largest absolute Gasteiger partial charge is 0.376 e. The molecule has 0 aromatic carbocycles. The van der Waals surface area contributed by atoms with E-state index in [1.54, 1.807) is 0 Å². The van der Waals surface area contributed by atoms with Crippen molar-refractivity contribution in [1.29, 1.82) is 0 Å². The Morgan fingerprint density at radius 3 is 2.70 bits per heavy atom. The summed E-state index contributed by atoms with van der Waals surface area (Å²) >= 11 is 0. The van der Waals surface area contributed by atoms with Gasteiger partial charge in [0.25, 0.3) is 0 Å². The van der Waals surface area contributed by atoms with Crippen LogP contribution in [0.5, 0.6) is 0 Å². The lowest BCUT2D eigenvalue weighted by molar-refractivity contribution is 0.0774. The van der Waals surface area contributed by atoms with Crippen LogP contribution in [0.1, 0.15) is 51.4 Å². The van der Waals surface area contributed by atoms with E-state index < -0.39 is 0 Å². The second-order valence-electron chi connectivity index (χ2n) is 6.63. The lowest BCUT2D eigenvalue weighted by Crippen LogP contribution is -2.48. The first kappa shape index (κ1) is 16.8. The first-order valence-electron chi connectivity index (χ1n) is 9.15. The highest BCUT2D eigenvalue weighted by atomic mass is 16.5. The van der Waals surface area contributed by atoms with Crippen molar-refractivity contribution < 1.29 is 4.74 Å². The van der Waals surface area contributed by atoms with Crippen LogP contribution in [0, 0.1) is 0 Å². The maximum Gasteiger partial charge on any atom is 0.168 e. The Kier molecular flexibility index (Phi) is 5.96. The summed E-state index contributed by atoms with van der Waals surface area (Å²) < 4.78 is 7.75. The van der Waals surface area contributed by atoms with Crippen molar-refractivity contribution in [2.45, 2.75) is 58.2 Å². The van der Waals surface area contributed by atoms with E-state index in [-0.39, 0.29) is 6.10 Å². The summed E-state index contributed by atoms with van der Waals surface area (Å²) in [6.07, 6.45) is 4.80. The standard InChI is InChI=1S/C16H30N6O/c1-3-6-15(21-10-8-20(4-2)9-11-21)16-17-18-19-22(16)13-14-7-5-12-23-14/h14-15H,3-13H2,1-2H3/t14-,15+/m0/s1. The van der Waals surface area contributed by atoms with Gasteiger partial charge in [-0.05, 0) is 36.2 Å². The van der Waals surface area contributed by atoms with Gasteiger partial charge in [0.05, 0.1) is 18.7 Å². The number of hydrogen-bond donors (Lipinski definition) is 0. The zero-order valence-electron chi connectivity index (χ0n) is 14.5. The minimum Gasteiger partial charge on any atom is -0.376 e. The van der Waals surface area contributed by atoms with Crippen molar-refractivity contribution >= 4 is 0 Å². The van der Waals surface area contributed by atoms with Crippen LogP contribution in [-0.2, 0) is 11.3 Å². The van der Waals surface area contributed by atoms with Crippen molar-refractivity contribution in [2.75, 3.05) is 39.3 Å². The molecule has 0 bridgehead atoms. The molecule has 0 radical (unpaired) electrons. The third-order valence-corrected chi connectivity index (χ3v) is 5.12. The zero-order valence-corrected chi connectivity index (χ0v) is 14.5. The maximum atomic E-state index is 5.76. The van der Waals surface area contributed by atoms with E-state index in [4.69, 9.17) is 4.74 Å². The molecule has 0 N–H and O–H groups in total. The molecule has 1 aromatic rings. The Morgan fingerprint density at radius 1 is 1.22 bits per heavy atom. The highest BCUT2D eigenvalue weighted by Crippen LogP contribution is 2.26. The smallest absolute Gasteiger partial charge is 0.168 e. The van der Waals surface area contributed by atoms with Crippen molar-refractivity contribution in [2.24, 2.45) is 0 Å². The fourth-order valence-electron chi connectivity index (χ4n) is 3.70. The monoisotopic (exact) mass is 322 g/mol. The number of nitrogens with zero attached hydrogens (tertiary/aromatic N) is 6. The van der Waals surface area contributed by atoms with E-state index in [1.165, 1.54) is 0 Å². The number of likely N-dealkylation sites (N-methyl/N-ethyl adjacent to an activating group) is 1. The van der Waals surface area contributed by atoms with Gasteiger partial charge in [0.1, 0.15) is 0 Å². The molecule has 2 aliphatic rings. The van der Waals surface area contributed by atoms with Gasteiger partial charge in [-0.2, -0.15) is 0 Å². The molecule has 0 aliphatic carbocycles. The predicted molar refractivity (Wildman–Crippen MR) is 88.1 cm³/mol. The molecule has 1 aromatic heterocycles. The molecule has 3 rings (SSSR count). The Morgan fingerprint density at radius 2 is 2.04 bits per heavy atom. The average molecular weight is 322 g/mol. The zero-order chi connectivity index (χ0) is 16.1. The molecule has 7 heteroatoms. The van der Waals surface area contributed by atoms with Crippen LogP contribution in [0.3, 0.4) is 0 Å². The predicted octanol–water partition coefficient (Wildman–Crippen LogP) is 1.33. The van der Waals surface area contributed by atoms with E-state index in [1.807, 2.05) is 4.68 Å². The summed E-state index contributed by atoms with van der Waals surface area (Å²) in [6.45, 7) is 11.8. The molecule has 2 fully saturated rings. The van der Waals surface area contributed by atoms with E-state index >= 15 is 0 Å². The summed E-state index contributed by atoms with van der Waals surface area (Å²) in [7, 11) is 0. The number of ether oxygens (including phenoxy) is 1. The third kappa shape index (κ3) is 4.08. The normalized spacial score (nSPS) is 25.0. The number of rotatable bonds is 7. The van der Waals surface area contributed by atoms with Crippen LogP contribution in [0.15, 0.2) is 0 Å². The van der Waals surface area contributed by atoms with Crippen LogP contribution < -0.4 is 0 Å². The fraction of sp³-hybridized carbons (Fsp3) is 0.938. The number of hydrogen-bond acceptors (Lipinski definition) is 6. The summed E-state index contributed by atoms with van der Waals surface area (Å²) in [5.74, 6) is 1.02. The molecular weight excluding hydrogens is 292 g/mol. The van der Waals surface area contributed by atoms with Crippen LogP contribution in [0.4, 0.5) is 0 Å². The van der Waals surface area contributed by atoms with Crippen LogP contribution in [0.25, 0.3) is 0 Å². The second kappa shape index (κ2) is 8.17. The van der Waals surface area contributed by atoms with Gasteiger partial charge in [0.2, 0.25) is 0 Å². The average Bonchev–Trinajstić information content (AvgIpc) is 3.25. The Labute approximate surface area is 139 Å². The summed E-state index contributed by atoms with van der Waals surface area (Å²) in [5, 5.41) is 12.6. The molecule has 2 aliphatic heterocycles. The molecule has 130 valence electrons. The Hall–Kier alpha value is -1.05. The third-order valence-electron chi connectivity index (χ3n) is 5.12. The molecule has 0 spiro atoms. The molecular formula is C16H30N6O. The summed E-state index contributed by atoms with van der Waals surface area (Å²) in [5.41, 5.74) is 0. The van der Waals surface area contributed by atoms with E-state index in [9.17, 15) is 0 Å². The van der Waals surface area contributed by atoms with Gasteiger partial charge in [-0.3, -0.25) is 4.90 Å². The second-order valence-corrected chi connectivity index (χ2v) is 6.63. The van der Waals surface area contributed by atoms with Crippen LogP contribution in [-0.4, -0.2) is 75.4 Å². The van der Waals surface area contributed by atoms with E-state index in [0.717, 1.165) is 77.4 Å². The SMILES string of the molecule is CCC[C@H](c1nnnn1C[C@@H]1CCCO1)N1CCN(CC)CC1. The quantitative estimate of drug-likeness (QED) is 0.755. The Bertz CT molecular complexity index is 465. The summed E-state index contributed by atoms with van der Waals surface area (Å²) in [4.78, 5) is 5.07. The lowest BCUT2D eigenvalue weighted by Gasteiger charge is -2.38. The Balaban J connectivity index is 1.69. The first-order chi connectivity index (χ1) is 11.3. The highest BCUT2D eigenvalue weighted by molar-refractivity contribution is 4.95. The molecule has 0 saturated carbocycles. The number of tetrazole rings is 1. The summed E-state index contributed by atoms with van der Waals surface area (Å²) in [6, 6.07) is 0.329. The van der Waals surface area contributed by atoms with Gasteiger partial charge < -0.3 is 9.64 Å². The number of aromatic nitrogens is 4. The van der Waals surface area contributed by atoms with Gasteiger partial charge in [0, 0.05) is 32.8 Å². The molecule has 7 nitrogen and oxygen atoms in total.